The summed E-state index contributed by atoms with van der Waals surface area (Å²) in [7, 11) is 1.55. The van der Waals surface area contributed by atoms with E-state index in [-0.39, 0.29) is 11.8 Å². The van der Waals surface area contributed by atoms with Crippen molar-refractivity contribution in [1.29, 1.82) is 0 Å². The summed E-state index contributed by atoms with van der Waals surface area (Å²) in [5, 5.41) is 6.57. The second-order valence-corrected chi connectivity index (χ2v) is 9.88. The van der Waals surface area contributed by atoms with Crippen LogP contribution < -0.4 is 15.4 Å². The molecule has 1 aliphatic rings. The smallest absolute Gasteiger partial charge is 0.260 e. The number of nitrogens with one attached hydrogen (secondary N) is 2. The largest absolute Gasteiger partial charge is 0.496 e. The number of anilines is 2. The lowest BCUT2D eigenvalue weighted by Crippen LogP contribution is -2.14. The number of benzene rings is 3. The molecule has 3 aromatic carbocycles. The van der Waals surface area contributed by atoms with Crippen LogP contribution in [0.15, 0.2) is 98.1 Å². The molecule has 0 bridgehead atoms. The molecule has 0 saturated heterocycles. The number of rotatable bonds is 8. The van der Waals surface area contributed by atoms with Crippen molar-refractivity contribution in [3.05, 3.63) is 109 Å². The van der Waals surface area contributed by atoms with Crippen molar-refractivity contribution in [2.24, 2.45) is 0 Å². The van der Waals surface area contributed by atoms with Crippen LogP contribution in [0.25, 0.3) is 33.2 Å². The molecule has 0 atom stereocenters. The maximum absolute atomic E-state index is 13.2. The van der Waals surface area contributed by atoms with Gasteiger partial charge >= 0.3 is 0 Å². The Morgan fingerprint density at radius 2 is 1.83 bits per heavy atom. The lowest BCUT2D eigenvalue weighted by atomic mass is 9.95. The number of aromatic nitrogens is 3. The second-order valence-electron chi connectivity index (χ2n) is 9.88. The summed E-state index contributed by atoms with van der Waals surface area (Å²) in [5.41, 5.74) is 6.53. The zero-order valence-electron chi connectivity index (χ0n) is 22.4. The highest BCUT2D eigenvalue weighted by molar-refractivity contribution is 6.06. The fourth-order valence-corrected chi connectivity index (χ4v) is 4.88. The molecule has 1 fully saturated rings. The Kier molecular flexibility index (Phi) is 6.95. The number of ether oxygens (including phenoxy) is 1. The van der Waals surface area contributed by atoms with Crippen molar-refractivity contribution >= 4 is 34.2 Å². The van der Waals surface area contributed by atoms with Crippen molar-refractivity contribution in [2.45, 2.75) is 18.8 Å². The van der Waals surface area contributed by atoms with Gasteiger partial charge in [-0.1, -0.05) is 24.8 Å². The topological polar surface area (TPSA) is 106 Å². The summed E-state index contributed by atoms with van der Waals surface area (Å²) < 4.78 is 5.65. The first kappa shape index (κ1) is 25.9. The van der Waals surface area contributed by atoms with Crippen LogP contribution in [0.1, 0.15) is 34.7 Å². The average Bonchev–Trinajstić information content (AvgIpc) is 3.86. The van der Waals surface area contributed by atoms with E-state index in [9.17, 15) is 9.59 Å². The first-order valence-electron chi connectivity index (χ1n) is 13.3. The molecule has 0 aliphatic heterocycles. The molecule has 2 N–H and O–H groups in total. The molecule has 2 amide bonds. The zero-order valence-corrected chi connectivity index (χ0v) is 22.4. The van der Waals surface area contributed by atoms with E-state index in [1.165, 1.54) is 30.8 Å². The van der Waals surface area contributed by atoms with Gasteiger partial charge in [-0.15, -0.1) is 0 Å². The van der Waals surface area contributed by atoms with Gasteiger partial charge in [0, 0.05) is 29.0 Å². The van der Waals surface area contributed by atoms with E-state index in [4.69, 9.17) is 4.74 Å². The van der Waals surface area contributed by atoms with E-state index in [1.807, 2.05) is 60.7 Å². The van der Waals surface area contributed by atoms with Gasteiger partial charge in [0.2, 0.25) is 5.91 Å². The number of nitrogens with zero attached hydrogens (tertiary/aromatic N) is 3. The van der Waals surface area contributed by atoms with Crippen molar-refractivity contribution in [3.63, 3.8) is 0 Å². The van der Waals surface area contributed by atoms with Gasteiger partial charge in [-0.3, -0.25) is 9.59 Å². The maximum atomic E-state index is 13.2. The summed E-state index contributed by atoms with van der Waals surface area (Å²) in [6, 6.07) is 21.0. The van der Waals surface area contributed by atoms with Gasteiger partial charge in [0.1, 0.15) is 17.9 Å². The highest BCUT2D eigenvalue weighted by atomic mass is 16.5. The van der Waals surface area contributed by atoms with Crippen molar-refractivity contribution in [1.82, 2.24) is 15.0 Å². The molecule has 1 aliphatic carbocycles. The minimum absolute atomic E-state index is 0.286. The minimum Gasteiger partial charge on any atom is -0.496 e. The predicted molar refractivity (Wildman–Crippen MR) is 160 cm³/mol. The van der Waals surface area contributed by atoms with Crippen LogP contribution in [0.5, 0.6) is 5.75 Å². The Balaban J connectivity index is 1.35. The normalized spacial score (nSPS) is 12.5. The third-order valence-electron chi connectivity index (χ3n) is 7.09. The molecule has 0 spiro atoms. The Labute approximate surface area is 237 Å². The SMILES string of the molecule is C=CC(=O)Nc1cccc(-c2cc(-c3ccc(C(=O)Nc4cc(C5CC5)ccn4)c(OC)c3)cc3cncnc23)c1. The Morgan fingerprint density at radius 1 is 0.951 bits per heavy atom. The third-order valence-corrected chi connectivity index (χ3v) is 7.09. The zero-order chi connectivity index (χ0) is 28.3. The van der Waals surface area contributed by atoms with Crippen LogP contribution in [0.3, 0.4) is 0 Å². The number of pyridine rings is 1. The number of carbonyl (C=O) groups excluding carboxylic acids is 2. The Bertz CT molecular complexity index is 1810. The lowest BCUT2D eigenvalue weighted by Gasteiger charge is -2.14. The van der Waals surface area contributed by atoms with Crippen LogP contribution >= 0.6 is 0 Å². The van der Waals surface area contributed by atoms with Gasteiger partial charge in [0.05, 0.1) is 18.2 Å². The van der Waals surface area contributed by atoms with Crippen LogP contribution in [0, 0.1) is 0 Å². The monoisotopic (exact) mass is 541 g/mol. The minimum atomic E-state index is -0.292. The van der Waals surface area contributed by atoms with Gasteiger partial charge in [-0.2, -0.15) is 0 Å². The summed E-state index contributed by atoms with van der Waals surface area (Å²) in [4.78, 5) is 38.1. The Morgan fingerprint density at radius 3 is 2.63 bits per heavy atom. The summed E-state index contributed by atoms with van der Waals surface area (Å²) in [5.74, 6) is 0.952. The van der Waals surface area contributed by atoms with Crippen LogP contribution in [0.4, 0.5) is 11.5 Å². The van der Waals surface area contributed by atoms with Gasteiger partial charge in [-0.05, 0) is 95.6 Å². The molecule has 202 valence electrons. The van der Waals surface area contributed by atoms with Crippen molar-refractivity contribution in [3.8, 4) is 28.0 Å². The maximum Gasteiger partial charge on any atom is 0.260 e. The fraction of sp³-hybridized carbons (Fsp3) is 0.121. The lowest BCUT2D eigenvalue weighted by molar-refractivity contribution is -0.111. The molecule has 0 radical (unpaired) electrons. The van der Waals surface area contributed by atoms with E-state index >= 15 is 0 Å². The molecule has 2 aromatic heterocycles. The van der Waals surface area contributed by atoms with Gasteiger partial charge in [-0.25, -0.2) is 15.0 Å². The molecule has 6 rings (SSSR count). The second kappa shape index (κ2) is 11.0. The van der Waals surface area contributed by atoms with Gasteiger partial charge in [0.25, 0.3) is 5.91 Å². The highest BCUT2D eigenvalue weighted by Gasteiger charge is 2.24. The van der Waals surface area contributed by atoms with E-state index in [0.717, 1.165) is 33.2 Å². The number of methoxy groups -OCH3 is 1. The molecule has 0 unspecified atom stereocenters. The number of hydrogen-bond acceptors (Lipinski definition) is 6. The van der Waals surface area contributed by atoms with Crippen molar-refractivity contribution < 1.29 is 14.3 Å². The molecular weight excluding hydrogens is 514 g/mol. The predicted octanol–water partition coefficient (Wildman–Crippen LogP) is 6.62. The van der Waals surface area contributed by atoms with E-state index in [0.29, 0.717) is 28.7 Å². The third kappa shape index (κ3) is 5.53. The number of fused-ring (bicyclic) bond motifs is 1. The number of hydrogen-bond donors (Lipinski definition) is 2. The fourth-order valence-electron chi connectivity index (χ4n) is 4.88. The van der Waals surface area contributed by atoms with Gasteiger partial charge in [0.15, 0.2) is 0 Å². The molecule has 8 nitrogen and oxygen atoms in total. The van der Waals surface area contributed by atoms with Gasteiger partial charge < -0.3 is 15.4 Å². The Hall–Kier alpha value is -5.37. The van der Waals surface area contributed by atoms with E-state index in [1.54, 1.807) is 25.6 Å². The highest BCUT2D eigenvalue weighted by Crippen LogP contribution is 2.40. The molecular formula is C33H27N5O3. The first-order valence-corrected chi connectivity index (χ1v) is 13.3. The van der Waals surface area contributed by atoms with Crippen LogP contribution in [0.2, 0.25) is 0 Å². The summed E-state index contributed by atoms with van der Waals surface area (Å²) >= 11 is 0. The van der Waals surface area contributed by atoms with E-state index in [2.05, 4.69) is 32.2 Å². The molecule has 41 heavy (non-hydrogen) atoms. The number of carbonyl (C=O) groups is 2. The molecule has 2 heterocycles. The quantitative estimate of drug-likeness (QED) is 0.214. The summed E-state index contributed by atoms with van der Waals surface area (Å²) in [6.07, 6.45) is 8.59. The molecule has 1 saturated carbocycles. The first-order chi connectivity index (χ1) is 20.0. The molecule has 5 aromatic rings. The van der Waals surface area contributed by atoms with E-state index < -0.39 is 0 Å². The number of amides is 2. The molecule has 8 heteroatoms. The summed E-state index contributed by atoms with van der Waals surface area (Å²) in [6.45, 7) is 3.52. The standard InChI is InChI=1S/C33H27N5O3/c1-3-31(39)37-26-6-4-5-23(14-26)28-15-24(13-25-18-34-19-36-32(25)28)21-9-10-27(29(16-21)41-2)33(40)38-30-17-22(11-12-35-30)20-7-8-20/h3-6,9-20H,1,7-8H2,2H3,(H,37,39)(H,35,38,40). The average molecular weight is 542 g/mol. The van der Waals surface area contributed by atoms with Crippen LogP contribution in [-0.2, 0) is 4.79 Å². The van der Waals surface area contributed by atoms with Crippen molar-refractivity contribution in [2.75, 3.05) is 17.7 Å². The van der Waals surface area contributed by atoms with Crippen LogP contribution in [-0.4, -0.2) is 33.9 Å².